The second-order valence-electron chi connectivity index (χ2n) is 5.73. The highest BCUT2D eigenvalue weighted by Crippen LogP contribution is 2.31. The zero-order valence-electron chi connectivity index (χ0n) is 13.4. The summed E-state index contributed by atoms with van der Waals surface area (Å²) in [5.74, 6) is 0.997. The maximum atomic E-state index is 12.4. The molecule has 0 aliphatic carbocycles. The number of hydrogen-bond donors (Lipinski definition) is 1. The van der Waals surface area contributed by atoms with Gasteiger partial charge in [0.05, 0.1) is 26.8 Å². The normalized spacial score (nSPS) is 10.8. The molecular formula is C18H18BrCl2NO2. The minimum Gasteiger partial charge on any atom is -0.492 e. The maximum Gasteiger partial charge on any atom is 0.255 e. The lowest BCUT2D eigenvalue weighted by Crippen LogP contribution is -2.13. The molecule has 6 heteroatoms. The lowest BCUT2D eigenvalue weighted by molar-refractivity contribution is 0.102. The Kier molecular flexibility index (Phi) is 6.96. The zero-order valence-corrected chi connectivity index (χ0v) is 16.5. The van der Waals surface area contributed by atoms with Gasteiger partial charge in [-0.15, -0.1) is 0 Å². The van der Waals surface area contributed by atoms with Gasteiger partial charge in [0.1, 0.15) is 5.75 Å². The molecule has 128 valence electrons. The molecule has 0 fully saturated rings. The van der Waals surface area contributed by atoms with Crippen LogP contribution in [0.5, 0.6) is 5.75 Å². The van der Waals surface area contributed by atoms with Gasteiger partial charge in [-0.3, -0.25) is 4.79 Å². The van der Waals surface area contributed by atoms with Crippen LogP contribution in [0.2, 0.25) is 10.0 Å². The fraction of sp³-hybridized carbons (Fsp3) is 0.278. The molecule has 2 aromatic carbocycles. The third-order valence-electron chi connectivity index (χ3n) is 3.35. The van der Waals surface area contributed by atoms with Crippen LogP contribution >= 0.6 is 39.1 Å². The monoisotopic (exact) mass is 429 g/mol. The number of carbonyl (C=O) groups excluding carboxylic acids is 1. The van der Waals surface area contributed by atoms with E-state index in [1.165, 1.54) is 0 Å². The molecule has 0 unspecified atom stereocenters. The van der Waals surface area contributed by atoms with E-state index in [-0.39, 0.29) is 5.91 Å². The Balaban J connectivity index is 2.09. The van der Waals surface area contributed by atoms with Crippen LogP contribution < -0.4 is 10.1 Å². The first-order chi connectivity index (χ1) is 11.4. The van der Waals surface area contributed by atoms with Crippen molar-refractivity contribution < 1.29 is 9.53 Å². The highest BCUT2D eigenvalue weighted by atomic mass is 79.9. The average Bonchev–Trinajstić information content (AvgIpc) is 2.52. The van der Waals surface area contributed by atoms with Crippen LogP contribution in [0, 0.1) is 5.92 Å². The van der Waals surface area contributed by atoms with Gasteiger partial charge >= 0.3 is 0 Å². The van der Waals surface area contributed by atoms with Gasteiger partial charge in [0, 0.05) is 5.56 Å². The van der Waals surface area contributed by atoms with Gasteiger partial charge in [0.15, 0.2) is 0 Å². The van der Waals surface area contributed by atoms with Gasteiger partial charge in [-0.05, 0) is 58.6 Å². The van der Waals surface area contributed by atoms with Crippen LogP contribution in [0.1, 0.15) is 30.6 Å². The molecule has 1 amide bonds. The van der Waals surface area contributed by atoms with Crippen molar-refractivity contribution in [1.82, 2.24) is 0 Å². The van der Waals surface area contributed by atoms with Crippen molar-refractivity contribution in [2.75, 3.05) is 11.9 Å². The molecule has 3 nitrogen and oxygen atoms in total. The van der Waals surface area contributed by atoms with Gasteiger partial charge in [-0.25, -0.2) is 0 Å². The Morgan fingerprint density at radius 2 is 1.88 bits per heavy atom. The van der Waals surface area contributed by atoms with Gasteiger partial charge in [0.2, 0.25) is 0 Å². The summed E-state index contributed by atoms with van der Waals surface area (Å²) >= 11 is 15.6. The molecule has 0 heterocycles. The van der Waals surface area contributed by atoms with Crippen LogP contribution in [0.25, 0.3) is 0 Å². The fourth-order valence-corrected chi connectivity index (χ4v) is 2.95. The van der Waals surface area contributed by atoms with Crippen LogP contribution in [-0.4, -0.2) is 12.5 Å². The van der Waals surface area contributed by atoms with Crippen LogP contribution in [0.4, 0.5) is 5.69 Å². The standard InChI is InChI=1S/C18H18BrCl2NO2/c1-11(2)8-9-24-16-7-6-12(10-13(16)19)18(23)22-17-14(20)4-3-5-15(17)21/h3-7,10-11H,8-9H2,1-2H3,(H,22,23). The van der Waals surface area contributed by atoms with Gasteiger partial charge in [-0.2, -0.15) is 0 Å². The molecule has 0 atom stereocenters. The molecule has 0 aliphatic rings. The largest absolute Gasteiger partial charge is 0.492 e. The molecule has 0 saturated carbocycles. The topological polar surface area (TPSA) is 38.3 Å². The molecule has 0 aliphatic heterocycles. The number of rotatable bonds is 6. The number of para-hydroxylation sites is 1. The van der Waals surface area contributed by atoms with Crippen molar-refractivity contribution >= 4 is 50.7 Å². The molecule has 0 bridgehead atoms. The summed E-state index contributed by atoms with van der Waals surface area (Å²) in [4.78, 5) is 12.4. The molecule has 0 saturated heterocycles. The maximum absolute atomic E-state index is 12.4. The number of benzene rings is 2. The van der Waals surface area contributed by atoms with Gasteiger partial charge in [-0.1, -0.05) is 43.1 Å². The highest BCUT2D eigenvalue weighted by Gasteiger charge is 2.13. The van der Waals surface area contributed by atoms with Crippen LogP contribution in [0.3, 0.4) is 0 Å². The minimum atomic E-state index is -0.292. The summed E-state index contributed by atoms with van der Waals surface area (Å²) in [5, 5.41) is 3.52. The molecule has 0 spiro atoms. The van der Waals surface area contributed by atoms with Crippen LogP contribution in [-0.2, 0) is 0 Å². The van der Waals surface area contributed by atoms with E-state index >= 15 is 0 Å². The number of amides is 1. The molecular weight excluding hydrogens is 413 g/mol. The number of ether oxygens (including phenoxy) is 1. The second kappa shape index (κ2) is 8.75. The predicted molar refractivity (Wildman–Crippen MR) is 104 cm³/mol. The first-order valence-corrected chi connectivity index (χ1v) is 9.11. The molecule has 2 aromatic rings. The first-order valence-electron chi connectivity index (χ1n) is 7.56. The van der Waals surface area contributed by atoms with E-state index in [1.54, 1.807) is 36.4 Å². The number of halogens is 3. The summed E-state index contributed by atoms with van der Waals surface area (Å²) in [5.41, 5.74) is 0.883. The highest BCUT2D eigenvalue weighted by molar-refractivity contribution is 9.10. The summed E-state index contributed by atoms with van der Waals surface area (Å²) in [6.07, 6.45) is 0.972. The molecule has 0 aromatic heterocycles. The van der Waals surface area contributed by atoms with Crippen molar-refractivity contribution in [2.24, 2.45) is 5.92 Å². The number of hydrogen-bond acceptors (Lipinski definition) is 2. The summed E-state index contributed by atoms with van der Waals surface area (Å²) in [6.45, 7) is 4.93. The fourth-order valence-electron chi connectivity index (χ4n) is 1.97. The van der Waals surface area contributed by atoms with Crippen molar-refractivity contribution in [3.05, 3.63) is 56.5 Å². The molecule has 1 N–H and O–H groups in total. The Bertz CT molecular complexity index is 715. The van der Waals surface area contributed by atoms with Crippen molar-refractivity contribution in [3.8, 4) is 5.75 Å². The molecule has 2 rings (SSSR count). The first kappa shape index (κ1) is 19.1. The van der Waals surface area contributed by atoms with E-state index < -0.39 is 0 Å². The van der Waals surface area contributed by atoms with Gasteiger partial charge < -0.3 is 10.1 Å². The second-order valence-corrected chi connectivity index (χ2v) is 7.40. The van der Waals surface area contributed by atoms with E-state index in [9.17, 15) is 4.79 Å². The predicted octanol–water partition coefficient (Wildman–Crippen LogP) is 6.43. The minimum absolute atomic E-state index is 0.292. The molecule has 0 radical (unpaired) electrons. The summed E-state index contributed by atoms with van der Waals surface area (Å²) in [6, 6.07) is 10.3. The SMILES string of the molecule is CC(C)CCOc1ccc(C(=O)Nc2c(Cl)cccc2Cl)cc1Br. The lowest BCUT2D eigenvalue weighted by Gasteiger charge is -2.12. The Labute approximate surface area is 160 Å². The Morgan fingerprint density at radius 3 is 2.46 bits per heavy atom. The van der Waals surface area contributed by atoms with E-state index in [1.807, 2.05) is 0 Å². The van der Waals surface area contributed by atoms with Crippen LogP contribution in [0.15, 0.2) is 40.9 Å². The van der Waals surface area contributed by atoms with E-state index in [2.05, 4.69) is 35.1 Å². The number of anilines is 1. The third-order valence-corrected chi connectivity index (χ3v) is 4.60. The quantitative estimate of drug-likeness (QED) is 0.572. The van der Waals surface area contributed by atoms with Crippen molar-refractivity contribution in [1.29, 1.82) is 0 Å². The van der Waals surface area contributed by atoms with Gasteiger partial charge in [0.25, 0.3) is 5.91 Å². The van der Waals surface area contributed by atoms with Crippen molar-refractivity contribution in [3.63, 3.8) is 0 Å². The van der Waals surface area contributed by atoms with Crippen molar-refractivity contribution in [2.45, 2.75) is 20.3 Å². The molecule has 24 heavy (non-hydrogen) atoms. The van der Waals surface area contributed by atoms with E-state index in [4.69, 9.17) is 27.9 Å². The lowest BCUT2D eigenvalue weighted by atomic mass is 10.1. The number of carbonyl (C=O) groups is 1. The summed E-state index contributed by atoms with van der Waals surface area (Å²) < 4.78 is 6.44. The Hall–Kier alpha value is -1.23. The Morgan fingerprint density at radius 1 is 1.21 bits per heavy atom. The van der Waals surface area contributed by atoms with E-state index in [0.717, 1.165) is 10.9 Å². The summed E-state index contributed by atoms with van der Waals surface area (Å²) in [7, 11) is 0. The van der Waals surface area contributed by atoms with E-state index in [0.29, 0.717) is 39.6 Å². The third kappa shape index (κ3) is 5.13. The number of nitrogens with one attached hydrogen (secondary N) is 1. The smallest absolute Gasteiger partial charge is 0.255 e. The average molecular weight is 431 g/mol. The zero-order chi connectivity index (χ0) is 17.7.